The molecule has 2 aromatic heterocycles. The number of hydrazine groups is 1. The highest BCUT2D eigenvalue weighted by atomic mass is 16.5. The molecular weight excluding hydrogens is 258 g/mol. The number of aromatic nitrogens is 3. The van der Waals surface area contributed by atoms with Crippen LogP contribution in [0.2, 0.25) is 0 Å². The second kappa shape index (κ2) is 5.87. The summed E-state index contributed by atoms with van der Waals surface area (Å²) in [6, 6.07) is 0. The molecule has 7 heteroatoms. The predicted molar refractivity (Wildman–Crippen MR) is 75.6 cm³/mol. The Morgan fingerprint density at radius 2 is 2.15 bits per heavy atom. The standard InChI is InChI=1S/C13H19N5O2/c1-5-9-7-15-18-11(9)14-8-10(13(19)20-6-2)12(18)16-17(3)4/h7-8,16H,5-6H2,1-4H3. The molecule has 1 N–H and O–H groups in total. The molecule has 7 nitrogen and oxygen atoms in total. The lowest BCUT2D eigenvalue weighted by Gasteiger charge is -2.17. The van der Waals surface area contributed by atoms with Crippen molar-refractivity contribution >= 4 is 17.4 Å². The maximum atomic E-state index is 12.0. The average molecular weight is 277 g/mol. The first kappa shape index (κ1) is 14.3. The van der Waals surface area contributed by atoms with E-state index in [0.29, 0.717) is 18.0 Å². The van der Waals surface area contributed by atoms with Crippen LogP contribution in [-0.2, 0) is 11.2 Å². The van der Waals surface area contributed by atoms with Gasteiger partial charge in [0.15, 0.2) is 11.5 Å². The van der Waals surface area contributed by atoms with Crippen LogP contribution in [0.3, 0.4) is 0 Å². The first-order valence-electron chi connectivity index (χ1n) is 6.55. The largest absolute Gasteiger partial charge is 0.462 e. The van der Waals surface area contributed by atoms with Crippen LogP contribution in [0.25, 0.3) is 5.65 Å². The molecule has 0 saturated heterocycles. The maximum Gasteiger partial charge on any atom is 0.343 e. The van der Waals surface area contributed by atoms with Gasteiger partial charge in [0, 0.05) is 25.9 Å². The molecule has 0 spiro atoms. The Bertz CT molecular complexity index is 620. The van der Waals surface area contributed by atoms with E-state index in [1.165, 1.54) is 6.20 Å². The Kier molecular flexibility index (Phi) is 4.19. The molecule has 0 unspecified atom stereocenters. The number of aryl methyl sites for hydroxylation is 1. The zero-order valence-electron chi connectivity index (χ0n) is 12.2. The van der Waals surface area contributed by atoms with E-state index in [0.717, 1.165) is 17.6 Å². The molecule has 0 fully saturated rings. The predicted octanol–water partition coefficient (Wildman–Crippen LogP) is 1.36. The van der Waals surface area contributed by atoms with E-state index in [-0.39, 0.29) is 0 Å². The van der Waals surface area contributed by atoms with Crippen molar-refractivity contribution in [3.05, 3.63) is 23.5 Å². The molecule has 20 heavy (non-hydrogen) atoms. The molecule has 0 radical (unpaired) electrons. The van der Waals surface area contributed by atoms with Crippen LogP contribution in [0, 0.1) is 0 Å². The lowest BCUT2D eigenvalue weighted by Crippen LogP contribution is -2.24. The number of fused-ring (bicyclic) bond motifs is 1. The van der Waals surface area contributed by atoms with E-state index in [2.05, 4.69) is 15.5 Å². The number of ether oxygens (including phenoxy) is 1. The summed E-state index contributed by atoms with van der Waals surface area (Å²) in [5.41, 5.74) is 5.22. The van der Waals surface area contributed by atoms with Crippen LogP contribution in [0.5, 0.6) is 0 Å². The van der Waals surface area contributed by atoms with Crippen LogP contribution in [-0.4, -0.2) is 46.3 Å². The quantitative estimate of drug-likeness (QED) is 0.657. The summed E-state index contributed by atoms with van der Waals surface area (Å²) in [5.74, 6) is 0.137. The minimum absolute atomic E-state index is 0.317. The molecule has 0 aliphatic rings. The van der Waals surface area contributed by atoms with Crippen LogP contribution >= 0.6 is 0 Å². The molecule has 0 bridgehead atoms. The molecule has 0 amide bonds. The number of carbonyl (C=O) groups is 1. The van der Waals surface area contributed by atoms with Gasteiger partial charge in [-0.05, 0) is 13.3 Å². The van der Waals surface area contributed by atoms with Gasteiger partial charge in [0.05, 0.1) is 12.8 Å². The molecular formula is C13H19N5O2. The third-order valence-electron chi connectivity index (χ3n) is 2.81. The van der Waals surface area contributed by atoms with Crippen LogP contribution in [0.4, 0.5) is 5.82 Å². The fourth-order valence-electron chi connectivity index (χ4n) is 1.91. The monoisotopic (exact) mass is 277 g/mol. The smallest absolute Gasteiger partial charge is 0.343 e. The van der Waals surface area contributed by atoms with E-state index in [1.807, 2.05) is 21.0 Å². The van der Waals surface area contributed by atoms with Crippen molar-refractivity contribution in [1.82, 2.24) is 19.6 Å². The summed E-state index contributed by atoms with van der Waals surface area (Å²) < 4.78 is 6.68. The highest BCUT2D eigenvalue weighted by molar-refractivity contribution is 5.94. The first-order valence-corrected chi connectivity index (χ1v) is 6.55. The number of esters is 1. The summed E-state index contributed by atoms with van der Waals surface area (Å²) in [4.78, 5) is 16.3. The minimum atomic E-state index is -0.417. The average Bonchev–Trinajstić information content (AvgIpc) is 2.82. The molecule has 0 atom stereocenters. The summed E-state index contributed by atoms with van der Waals surface area (Å²) in [6.07, 6.45) is 4.12. The van der Waals surface area contributed by atoms with Gasteiger partial charge >= 0.3 is 5.97 Å². The molecule has 2 aromatic rings. The molecule has 108 valence electrons. The van der Waals surface area contributed by atoms with Gasteiger partial charge in [-0.1, -0.05) is 6.92 Å². The minimum Gasteiger partial charge on any atom is -0.462 e. The van der Waals surface area contributed by atoms with Crippen LogP contribution in [0.1, 0.15) is 29.8 Å². The fourth-order valence-corrected chi connectivity index (χ4v) is 1.91. The number of anilines is 1. The second-order valence-electron chi connectivity index (χ2n) is 4.51. The van der Waals surface area contributed by atoms with Gasteiger partial charge in [0.25, 0.3) is 0 Å². The number of carbonyl (C=O) groups excluding carboxylic acids is 1. The molecule has 2 heterocycles. The Morgan fingerprint density at radius 3 is 2.75 bits per heavy atom. The highest BCUT2D eigenvalue weighted by Gasteiger charge is 2.19. The van der Waals surface area contributed by atoms with Crippen molar-refractivity contribution in [3.8, 4) is 0 Å². The zero-order valence-corrected chi connectivity index (χ0v) is 12.2. The van der Waals surface area contributed by atoms with Crippen LogP contribution in [0.15, 0.2) is 12.4 Å². The number of nitrogens with one attached hydrogen (secondary N) is 1. The van der Waals surface area contributed by atoms with E-state index in [4.69, 9.17) is 4.74 Å². The van der Waals surface area contributed by atoms with Crippen molar-refractivity contribution in [1.29, 1.82) is 0 Å². The van der Waals surface area contributed by atoms with Crippen molar-refractivity contribution in [3.63, 3.8) is 0 Å². The van der Waals surface area contributed by atoms with Gasteiger partial charge < -0.3 is 10.2 Å². The van der Waals surface area contributed by atoms with Gasteiger partial charge in [-0.2, -0.15) is 9.61 Å². The van der Waals surface area contributed by atoms with Gasteiger partial charge in [-0.3, -0.25) is 0 Å². The Morgan fingerprint density at radius 1 is 1.40 bits per heavy atom. The summed E-state index contributed by atoms with van der Waals surface area (Å²) in [7, 11) is 3.68. The number of hydrogen-bond donors (Lipinski definition) is 1. The van der Waals surface area contributed by atoms with Crippen LogP contribution < -0.4 is 5.43 Å². The first-order chi connectivity index (χ1) is 9.58. The molecule has 0 aromatic carbocycles. The van der Waals surface area contributed by atoms with Crippen molar-refractivity contribution in [2.24, 2.45) is 0 Å². The van der Waals surface area contributed by atoms with E-state index in [9.17, 15) is 4.79 Å². The lowest BCUT2D eigenvalue weighted by atomic mass is 10.2. The van der Waals surface area contributed by atoms with Crippen molar-refractivity contribution in [2.75, 3.05) is 26.1 Å². The van der Waals surface area contributed by atoms with Gasteiger partial charge in [0.2, 0.25) is 0 Å². The number of hydrogen-bond acceptors (Lipinski definition) is 6. The fraction of sp³-hybridized carbons (Fsp3) is 0.462. The summed E-state index contributed by atoms with van der Waals surface area (Å²) >= 11 is 0. The van der Waals surface area contributed by atoms with Gasteiger partial charge in [0.1, 0.15) is 5.56 Å². The van der Waals surface area contributed by atoms with Crippen molar-refractivity contribution in [2.45, 2.75) is 20.3 Å². The number of nitrogens with zero attached hydrogens (tertiary/aromatic N) is 4. The highest BCUT2D eigenvalue weighted by Crippen LogP contribution is 2.20. The van der Waals surface area contributed by atoms with E-state index >= 15 is 0 Å². The van der Waals surface area contributed by atoms with E-state index in [1.54, 1.807) is 22.6 Å². The third-order valence-corrected chi connectivity index (χ3v) is 2.81. The Labute approximate surface area is 117 Å². The summed E-state index contributed by atoms with van der Waals surface area (Å²) in [6.45, 7) is 4.13. The summed E-state index contributed by atoms with van der Waals surface area (Å²) in [5, 5.41) is 6.04. The Hall–Kier alpha value is -2.15. The SMILES string of the molecule is CCOC(=O)c1cnc2c(CC)cnn2c1NN(C)C. The third kappa shape index (κ3) is 2.57. The molecule has 0 saturated carbocycles. The molecule has 2 rings (SSSR count). The zero-order chi connectivity index (χ0) is 14.7. The second-order valence-corrected chi connectivity index (χ2v) is 4.51. The number of rotatable bonds is 5. The topological polar surface area (TPSA) is 71.8 Å². The van der Waals surface area contributed by atoms with E-state index < -0.39 is 5.97 Å². The van der Waals surface area contributed by atoms with Gasteiger partial charge in [-0.15, -0.1) is 0 Å². The molecule has 0 aliphatic heterocycles. The van der Waals surface area contributed by atoms with Gasteiger partial charge in [-0.25, -0.2) is 14.8 Å². The van der Waals surface area contributed by atoms with Crippen molar-refractivity contribution < 1.29 is 9.53 Å². The molecule has 0 aliphatic carbocycles. The maximum absolute atomic E-state index is 12.0. The normalized spacial score (nSPS) is 11.1. The Balaban J connectivity index is 2.59. The lowest BCUT2D eigenvalue weighted by molar-refractivity contribution is 0.0526.